The molecule has 1 aromatic heterocycles. The lowest BCUT2D eigenvalue weighted by atomic mass is 10.2. The number of aryl methyl sites for hydroxylation is 1. The Bertz CT molecular complexity index is 488. The highest BCUT2D eigenvalue weighted by molar-refractivity contribution is 6.33. The molecule has 0 amide bonds. The molecule has 1 aliphatic rings. The van der Waals surface area contributed by atoms with Crippen LogP contribution in [0.1, 0.15) is 26.2 Å². The van der Waals surface area contributed by atoms with Crippen molar-refractivity contribution in [3.8, 4) is 0 Å². The van der Waals surface area contributed by atoms with Gasteiger partial charge in [-0.05, 0) is 26.3 Å². The highest BCUT2D eigenvalue weighted by atomic mass is 35.5. The Morgan fingerprint density at radius 3 is 3.05 bits per heavy atom. The second kappa shape index (κ2) is 6.39. The fourth-order valence-corrected chi connectivity index (χ4v) is 2.88. The van der Waals surface area contributed by atoms with E-state index in [1.54, 1.807) is 6.20 Å². The lowest BCUT2D eigenvalue weighted by Crippen LogP contribution is -2.38. The van der Waals surface area contributed by atoms with Crippen LogP contribution in [0.3, 0.4) is 0 Å². The summed E-state index contributed by atoms with van der Waals surface area (Å²) in [5, 5.41) is 7.71. The van der Waals surface area contributed by atoms with Crippen molar-refractivity contribution in [3.05, 3.63) is 21.6 Å². The Morgan fingerprint density at radius 1 is 1.58 bits per heavy atom. The highest BCUT2D eigenvalue weighted by Gasteiger charge is 2.27. The van der Waals surface area contributed by atoms with Gasteiger partial charge < -0.3 is 10.2 Å². The molecule has 106 valence electrons. The van der Waals surface area contributed by atoms with E-state index in [-0.39, 0.29) is 5.56 Å². The van der Waals surface area contributed by atoms with Crippen LogP contribution in [0.4, 0.5) is 5.69 Å². The molecule has 0 spiro atoms. The minimum absolute atomic E-state index is 0.184. The number of aromatic nitrogens is 2. The van der Waals surface area contributed by atoms with E-state index in [0.29, 0.717) is 17.6 Å². The maximum atomic E-state index is 12.1. The number of anilines is 1. The van der Waals surface area contributed by atoms with E-state index in [0.717, 1.165) is 38.0 Å². The first-order valence-electron chi connectivity index (χ1n) is 6.86. The average molecular weight is 285 g/mol. The molecular formula is C13H21ClN4O. The summed E-state index contributed by atoms with van der Waals surface area (Å²) >= 11 is 6.24. The van der Waals surface area contributed by atoms with Gasteiger partial charge in [0.15, 0.2) is 0 Å². The van der Waals surface area contributed by atoms with E-state index in [9.17, 15) is 4.79 Å². The van der Waals surface area contributed by atoms with Gasteiger partial charge in [-0.1, -0.05) is 18.5 Å². The monoisotopic (exact) mass is 284 g/mol. The van der Waals surface area contributed by atoms with Crippen molar-refractivity contribution in [1.82, 2.24) is 15.1 Å². The van der Waals surface area contributed by atoms with Gasteiger partial charge in [0.05, 0.1) is 11.9 Å². The van der Waals surface area contributed by atoms with Gasteiger partial charge >= 0.3 is 0 Å². The summed E-state index contributed by atoms with van der Waals surface area (Å²) in [7, 11) is 1.94. The van der Waals surface area contributed by atoms with Crippen LogP contribution in [0.5, 0.6) is 0 Å². The molecule has 0 radical (unpaired) electrons. The lowest BCUT2D eigenvalue weighted by molar-refractivity contribution is 0.563. The van der Waals surface area contributed by atoms with E-state index in [4.69, 9.17) is 11.6 Å². The molecule has 1 fully saturated rings. The Hall–Kier alpha value is -1.07. The van der Waals surface area contributed by atoms with Crippen LogP contribution in [-0.4, -0.2) is 36.0 Å². The Balaban J connectivity index is 2.30. The summed E-state index contributed by atoms with van der Waals surface area (Å²) in [6, 6.07) is 0.394. The summed E-state index contributed by atoms with van der Waals surface area (Å²) in [6.45, 7) is 4.46. The number of hydrogen-bond donors (Lipinski definition) is 1. The van der Waals surface area contributed by atoms with Gasteiger partial charge in [0.2, 0.25) is 0 Å². The molecule has 1 saturated heterocycles. The molecule has 2 rings (SSSR count). The molecule has 1 atom stereocenters. The fraction of sp³-hybridized carbons (Fsp3) is 0.692. The van der Waals surface area contributed by atoms with Crippen molar-refractivity contribution < 1.29 is 0 Å². The molecule has 1 N–H and O–H groups in total. The predicted octanol–water partition coefficient (Wildman–Crippen LogP) is 1.49. The van der Waals surface area contributed by atoms with Crippen LogP contribution in [0.2, 0.25) is 5.02 Å². The van der Waals surface area contributed by atoms with Crippen LogP contribution in [0.25, 0.3) is 0 Å². The Labute approximate surface area is 118 Å². The SMILES string of the molecule is CCCn1ncc(N2CCCC2CNC)c(Cl)c1=O. The first kappa shape index (κ1) is 14.3. The summed E-state index contributed by atoms with van der Waals surface area (Å²) in [5.41, 5.74) is 0.591. The maximum Gasteiger partial charge on any atom is 0.287 e. The molecule has 1 aromatic rings. The van der Waals surface area contributed by atoms with E-state index >= 15 is 0 Å². The Kier molecular flexibility index (Phi) is 4.82. The highest BCUT2D eigenvalue weighted by Crippen LogP contribution is 2.28. The summed E-state index contributed by atoms with van der Waals surface area (Å²) in [6.07, 6.45) is 4.85. The van der Waals surface area contributed by atoms with Crippen LogP contribution in [-0.2, 0) is 6.54 Å². The lowest BCUT2D eigenvalue weighted by Gasteiger charge is -2.27. The zero-order chi connectivity index (χ0) is 13.8. The van der Waals surface area contributed by atoms with Crippen molar-refractivity contribution in [2.45, 2.75) is 38.8 Å². The average Bonchev–Trinajstić information content (AvgIpc) is 2.84. The molecule has 19 heavy (non-hydrogen) atoms. The Morgan fingerprint density at radius 2 is 2.37 bits per heavy atom. The molecule has 0 aliphatic carbocycles. The van der Waals surface area contributed by atoms with Gasteiger partial charge in [-0.25, -0.2) is 4.68 Å². The zero-order valence-electron chi connectivity index (χ0n) is 11.5. The van der Waals surface area contributed by atoms with Crippen molar-refractivity contribution in [1.29, 1.82) is 0 Å². The maximum absolute atomic E-state index is 12.1. The van der Waals surface area contributed by atoms with E-state index in [2.05, 4.69) is 15.3 Å². The van der Waals surface area contributed by atoms with E-state index < -0.39 is 0 Å². The number of nitrogens with one attached hydrogen (secondary N) is 1. The molecule has 0 bridgehead atoms. The number of likely N-dealkylation sites (N-methyl/N-ethyl adjacent to an activating group) is 1. The number of rotatable bonds is 5. The molecule has 5 nitrogen and oxygen atoms in total. The van der Waals surface area contributed by atoms with Gasteiger partial charge in [0.1, 0.15) is 5.02 Å². The van der Waals surface area contributed by atoms with Crippen molar-refractivity contribution in [2.24, 2.45) is 0 Å². The third-order valence-electron chi connectivity index (χ3n) is 3.53. The van der Waals surface area contributed by atoms with Gasteiger partial charge in [-0.3, -0.25) is 4.79 Å². The van der Waals surface area contributed by atoms with Gasteiger partial charge in [0.25, 0.3) is 5.56 Å². The number of halogens is 1. The van der Waals surface area contributed by atoms with Crippen LogP contribution >= 0.6 is 11.6 Å². The van der Waals surface area contributed by atoms with Gasteiger partial charge in [0, 0.05) is 25.7 Å². The summed E-state index contributed by atoms with van der Waals surface area (Å²) in [5.74, 6) is 0. The number of nitrogens with zero attached hydrogens (tertiary/aromatic N) is 3. The number of hydrogen-bond acceptors (Lipinski definition) is 4. The van der Waals surface area contributed by atoms with Crippen molar-refractivity contribution in [2.75, 3.05) is 25.0 Å². The fourth-order valence-electron chi connectivity index (χ4n) is 2.63. The smallest absolute Gasteiger partial charge is 0.287 e. The molecular weight excluding hydrogens is 264 g/mol. The standard InChI is InChI=1S/C13H21ClN4O/c1-3-6-18-13(19)12(14)11(9-16-18)17-7-4-5-10(17)8-15-2/h9-10,15H,3-8H2,1-2H3. The second-order valence-corrected chi connectivity index (χ2v) is 5.30. The largest absolute Gasteiger partial charge is 0.365 e. The van der Waals surface area contributed by atoms with Gasteiger partial charge in [-0.15, -0.1) is 0 Å². The molecule has 1 aliphatic heterocycles. The van der Waals surface area contributed by atoms with Crippen molar-refractivity contribution >= 4 is 17.3 Å². The minimum Gasteiger partial charge on any atom is -0.365 e. The summed E-state index contributed by atoms with van der Waals surface area (Å²) < 4.78 is 1.44. The van der Waals surface area contributed by atoms with Crippen LogP contribution in [0.15, 0.2) is 11.0 Å². The molecule has 1 unspecified atom stereocenters. The minimum atomic E-state index is -0.184. The molecule has 6 heteroatoms. The normalized spacial score (nSPS) is 19.1. The zero-order valence-corrected chi connectivity index (χ0v) is 12.3. The second-order valence-electron chi connectivity index (χ2n) is 4.92. The topological polar surface area (TPSA) is 50.2 Å². The van der Waals surface area contributed by atoms with Crippen molar-refractivity contribution in [3.63, 3.8) is 0 Å². The summed E-state index contributed by atoms with van der Waals surface area (Å²) in [4.78, 5) is 14.3. The van der Waals surface area contributed by atoms with E-state index in [1.165, 1.54) is 4.68 Å². The van der Waals surface area contributed by atoms with E-state index in [1.807, 2.05) is 14.0 Å². The molecule has 0 saturated carbocycles. The van der Waals surface area contributed by atoms with Gasteiger partial charge in [-0.2, -0.15) is 5.10 Å². The first-order valence-corrected chi connectivity index (χ1v) is 7.23. The van der Waals surface area contributed by atoms with Crippen LogP contribution < -0.4 is 15.8 Å². The third kappa shape index (κ3) is 2.92. The quantitative estimate of drug-likeness (QED) is 0.890. The molecule has 0 aromatic carbocycles. The third-order valence-corrected chi connectivity index (χ3v) is 3.88. The predicted molar refractivity (Wildman–Crippen MR) is 78.1 cm³/mol. The molecule has 2 heterocycles. The first-order chi connectivity index (χ1) is 9.19. The van der Waals surface area contributed by atoms with Crippen LogP contribution in [0, 0.1) is 0 Å².